The lowest BCUT2D eigenvalue weighted by Crippen LogP contribution is -2.39. The molecular weight excluding hydrogens is 252 g/mol. The van der Waals surface area contributed by atoms with Gasteiger partial charge in [0.15, 0.2) is 0 Å². The summed E-state index contributed by atoms with van der Waals surface area (Å²) in [5.74, 6) is 0.194. The molecule has 5 heteroatoms. The van der Waals surface area contributed by atoms with E-state index in [1.807, 2.05) is 19.1 Å². The molecule has 0 saturated carbocycles. The summed E-state index contributed by atoms with van der Waals surface area (Å²) >= 11 is 0. The summed E-state index contributed by atoms with van der Waals surface area (Å²) in [4.78, 5) is 16.2. The number of fused-ring (bicyclic) bond motifs is 1. The first kappa shape index (κ1) is 12.8. The van der Waals surface area contributed by atoms with Crippen molar-refractivity contribution >= 4 is 5.91 Å². The van der Waals surface area contributed by atoms with Gasteiger partial charge in [0.1, 0.15) is 12.7 Å². The van der Waals surface area contributed by atoms with Gasteiger partial charge in [-0.1, -0.05) is 24.3 Å². The first-order valence-electron chi connectivity index (χ1n) is 6.92. The average molecular weight is 270 g/mol. The number of rotatable bonds is 4. The van der Waals surface area contributed by atoms with Crippen LogP contribution in [0, 0.1) is 5.92 Å². The van der Waals surface area contributed by atoms with Gasteiger partial charge in [-0.05, 0) is 30.9 Å². The lowest BCUT2D eigenvalue weighted by atomic mass is 10.1. The average Bonchev–Trinajstić information content (AvgIpc) is 3.06. The third kappa shape index (κ3) is 2.71. The highest BCUT2D eigenvalue weighted by molar-refractivity contribution is 5.80. The molecule has 1 unspecified atom stereocenters. The Kier molecular flexibility index (Phi) is 3.50. The van der Waals surface area contributed by atoms with Crippen LogP contribution in [-0.4, -0.2) is 26.7 Å². The van der Waals surface area contributed by atoms with Gasteiger partial charge in [-0.25, -0.2) is 4.98 Å². The molecule has 104 valence electrons. The Morgan fingerprint density at radius 3 is 2.70 bits per heavy atom. The molecule has 0 fully saturated rings. The maximum atomic E-state index is 12.3. The molecule has 1 atom stereocenters. The second-order valence-corrected chi connectivity index (χ2v) is 5.40. The van der Waals surface area contributed by atoms with Gasteiger partial charge in [-0.15, -0.1) is 0 Å². The number of amides is 1. The molecular formula is C15H18N4O. The van der Waals surface area contributed by atoms with E-state index in [1.54, 1.807) is 11.0 Å². The molecule has 1 N–H and O–H groups in total. The van der Waals surface area contributed by atoms with Gasteiger partial charge >= 0.3 is 0 Å². The van der Waals surface area contributed by atoms with Crippen LogP contribution in [0.25, 0.3) is 0 Å². The summed E-state index contributed by atoms with van der Waals surface area (Å²) in [5, 5.41) is 7.12. The van der Waals surface area contributed by atoms with E-state index in [0.717, 1.165) is 12.8 Å². The van der Waals surface area contributed by atoms with Crippen molar-refractivity contribution in [1.29, 1.82) is 0 Å². The molecule has 1 aromatic heterocycles. The van der Waals surface area contributed by atoms with Crippen LogP contribution in [0.15, 0.2) is 36.9 Å². The normalized spacial score (nSPS) is 15.8. The third-order valence-corrected chi connectivity index (χ3v) is 3.74. The molecule has 5 nitrogen and oxygen atoms in total. The number of hydrogen-bond donors (Lipinski definition) is 1. The molecule has 0 saturated heterocycles. The minimum atomic E-state index is 0.0490. The van der Waals surface area contributed by atoms with Crippen LogP contribution < -0.4 is 5.32 Å². The fraction of sp³-hybridized carbons (Fsp3) is 0.400. The number of nitrogens with zero attached hydrogens (tertiary/aromatic N) is 3. The maximum absolute atomic E-state index is 12.3. The zero-order chi connectivity index (χ0) is 13.9. The molecule has 1 aliphatic carbocycles. The van der Waals surface area contributed by atoms with E-state index < -0.39 is 0 Å². The molecule has 0 radical (unpaired) electrons. The van der Waals surface area contributed by atoms with Crippen molar-refractivity contribution in [2.45, 2.75) is 32.4 Å². The largest absolute Gasteiger partial charge is 0.352 e. The molecule has 2 aromatic rings. The molecule has 3 rings (SSSR count). The zero-order valence-electron chi connectivity index (χ0n) is 11.5. The zero-order valence-corrected chi connectivity index (χ0v) is 11.5. The summed E-state index contributed by atoms with van der Waals surface area (Å²) < 4.78 is 1.73. The van der Waals surface area contributed by atoms with Crippen LogP contribution in [0.5, 0.6) is 0 Å². The summed E-state index contributed by atoms with van der Waals surface area (Å²) in [5.41, 5.74) is 2.60. The quantitative estimate of drug-likeness (QED) is 0.908. The Labute approximate surface area is 118 Å². The molecule has 0 spiro atoms. The SMILES string of the molecule is CC(Cn1cncn1)NC(=O)C1Cc2ccccc2C1. The fourth-order valence-electron chi connectivity index (χ4n) is 2.76. The van der Waals surface area contributed by atoms with Crippen molar-refractivity contribution < 1.29 is 4.79 Å². The molecule has 1 heterocycles. The molecule has 0 bridgehead atoms. The number of hydrogen-bond acceptors (Lipinski definition) is 3. The highest BCUT2D eigenvalue weighted by Gasteiger charge is 2.27. The Balaban J connectivity index is 1.56. The summed E-state index contributed by atoms with van der Waals surface area (Å²) in [6.45, 7) is 2.63. The topological polar surface area (TPSA) is 59.8 Å². The minimum absolute atomic E-state index is 0.0490. The summed E-state index contributed by atoms with van der Waals surface area (Å²) in [6, 6.07) is 8.34. The Morgan fingerprint density at radius 1 is 1.40 bits per heavy atom. The first-order valence-corrected chi connectivity index (χ1v) is 6.92. The van der Waals surface area contributed by atoms with Gasteiger partial charge in [-0.2, -0.15) is 5.10 Å². The standard InChI is InChI=1S/C15H18N4O/c1-11(8-19-10-16-9-17-19)18-15(20)14-6-12-4-2-3-5-13(12)7-14/h2-5,9-11,14H,6-8H2,1H3,(H,18,20). The van der Waals surface area contributed by atoms with Crippen LogP contribution in [0.1, 0.15) is 18.1 Å². The van der Waals surface area contributed by atoms with Crippen LogP contribution >= 0.6 is 0 Å². The molecule has 0 aliphatic heterocycles. The van der Waals surface area contributed by atoms with E-state index >= 15 is 0 Å². The van der Waals surface area contributed by atoms with Gasteiger partial charge in [0.25, 0.3) is 0 Å². The predicted molar refractivity (Wildman–Crippen MR) is 75.0 cm³/mol. The number of aromatic nitrogens is 3. The van der Waals surface area contributed by atoms with Crippen molar-refractivity contribution in [3.63, 3.8) is 0 Å². The van der Waals surface area contributed by atoms with E-state index in [9.17, 15) is 4.79 Å². The van der Waals surface area contributed by atoms with Gasteiger partial charge in [0.05, 0.1) is 6.54 Å². The third-order valence-electron chi connectivity index (χ3n) is 3.74. The molecule has 1 aliphatic rings. The van der Waals surface area contributed by atoms with Crippen molar-refractivity contribution in [3.05, 3.63) is 48.0 Å². The smallest absolute Gasteiger partial charge is 0.224 e. The van der Waals surface area contributed by atoms with Gasteiger partial charge in [0.2, 0.25) is 5.91 Å². The Bertz CT molecular complexity index is 569. The van der Waals surface area contributed by atoms with E-state index in [1.165, 1.54) is 17.5 Å². The van der Waals surface area contributed by atoms with E-state index in [4.69, 9.17) is 0 Å². The number of benzene rings is 1. The van der Waals surface area contributed by atoms with E-state index in [2.05, 4.69) is 27.5 Å². The van der Waals surface area contributed by atoms with Gasteiger partial charge in [0, 0.05) is 12.0 Å². The highest BCUT2D eigenvalue weighted by atomic mass is 16.1. The lowest BCUT2D eigenvalue weighted by molar-refractivity contribution is -0.125. The van der Waals surface area contributed by atoms with Crippen molar-refractivity contribution in [3.8, 4) is 0 Å². The Morgan fingerprint density at radius 2 is 2.10 bits per heavy atom. The van der Waals surface area contributed by atoms with Crippen molar-refractivity contribution in [1.82, 2.24) is 20.1 Å². The maximum Gasteiger partial charge on any atom is 0.224 e. The fourth-order valence-corrected chi connectivity index (χ4v) is 2.76. The second kappa shape index (κ2) is 5.45. The number of nitrogens with one attached hydrogen (secondary N) is 1. The molecule has 1 amide bonds. The van der Waals surface area contributed by atoms with Crippen molar-refractivity contribution in [2.24, 2.45) is 5.92 Å². The monoisotopic (exact) mass is 270 g/mol. The molecule has 1 aromatic carbocycles. The predicted octanol–water partition coefficient (Wildman–Crippen LogP) is 1.20. The highest BCUT2D eigenvalue weighted by Crippen LogP contribution is 2.26. The number of carbonyl (C=O) groups is 1. The van der Waals surface area contributed by atoms with Crippen LogP contribution in [0.2, 0.25) is 0 Å². The van der Waals surface area contributed by atoms with E-state index in [0.29, 0.717) is 6.54 Å². The van der Waals surface area contributed by atoms with Gasteiger partial charge < -0.3 is 5.32 Å². The van der Waals surface area contributed by atoms with Crippen LogP contribution in [0.4, 0.5) is 0 Å². The van der Waals surface area contributed by atoms with E-state index in [-0.39, 0.29) is 17.9 Å². The summed E-state index contributed by atoms with van der Waals surface area (Å²) in [6.07, 6.45) is 4.85. The number of carbonyl (C=O) groups excluding carboxylic acids is 1. The minimum Gasteiger partial charge on any atom is -0.352 e. The first-order chi connectivity index (χ1) is 9.72. The van der Waals surface area contributed by atoms with Crippen molar-refractivity contribution in [2.75, 3.05) is 0 Å². The van der Waals surface area contributed by atoms with Gasteiger partial charge in [-0.3, -0.25) is 9.48 Å². The van der Waals surface area contributed by atoms with Crippen LogP contribution in [-0.2, 0) is 24.2 Å². The van der Waals surface area contributed by atoms with Crippen LogP contribution in [0.3, 0.4) is 0 Å². The molecule has 20 heavy (non-hydrogen) atoms. The summed E-state index contributed by atoms with van der Waals surface area (Å²) in [7, 11) is 0. The lowest BCUT2D eigenvalue weighted by Gasteiger charge is -2.16. The second-order valence-electron chi connectivity index (χ2n) is 5.40. The Hall–Kier alpha value is -2.17.